The second kappa shape index (κ2) is 5.97. The average molecular weight is 281 g/mol. The summed E-state index contributed by atoms with van der Waals surface area (Å²) in [7, 11) is 0. The summed E-state index contributed by atoms with van der Waals surface area (Å²) < 4.78 is 0. The number of para-hydroxylation sites is 1. The van der Waals surface area contributed by atoms with E-state index in [0.29, 0.717) is 6.54 Å². The first-order valence-electron chi connectivity index (χ1n) is 7.18. The van der Waals surface area contributed by atoms with Gasteiger partial charge in [-0.25, -0.2) is 4.79 Å². The Bertz CT molecular complexity index is 654. The van der Waals surface area contributed by atoms with Gasteiger partial charge in [-0.3, -0.25) is 4.90 Å². The highest BCUT2D eigenvalue weighted by molar-refractivity contribution is 6.02. The van der Waals surface area contributed by atoms with Crippen molar-refractivity contribution in [1.29, 1.82) is 0 Å². The molecule has 3 rings (SSSR count). The zero-order valence-corrected chi connectivity index (χ0v) is 12.1. The van der Waals surface area contributed by atoms with Gasteiger partial charge in [0.25, 0.3) is 0 Å². The molecule has 2 aromatic rings. The molecule has 1 heterocycles. The molecule has 1 aliphatic heterocycles. The van der Waals surface area contributed by atoms with E-state index in [0.717, 1.165) is 35.6 Å². The molecule has 108 valence electrons. The monoisotopic (exact) mass is 281 g/mol. The van der Waals surface area contributed by atoms with Gasteiger partial charge < -0.3 is 10.6 Å². The highest BCUT2D eigenvalue weighted by Gasteiger charge is 2.20. The summed E-state index contributed by atoms with van der Waals surface area (Å²) in [5.74, 6) is 0. The number of anilines is 2. The maximum absolute atomic E-state index is 12.6. The largest absolute Gasteiger partial charge is 0.326 e. The Morgan fingerprint density at radius 1 is 1.19 bits per heavy atom. The fourth-order valence-corrected chi connectivity index (χ4v) is 2.58. The molecule has 0 atom stereocenters. The number of carbonyl (C=O) groups excluding carboxylic acids is 1. The molecule has 4 heteroatoms. The van der Waals surface area contributed by atoms with Crippen LogP contribution in [0.15, 0.2) is 48.5 Å². The van der Waals surface area contributed by atoms with Gasteiger partial charge in [0, 0.05) is 31.0 Å². The van der Waals surface area contributed by atoms with E-state index in [2.05, 4.69) is 16.7 Å². The van der Waals surface area contributed by atoms with Gasteiger partial charge in [0.1, 0.15) is 0 Å². The van der Waals surface area contributed by atoms with E-state index in [1.54, 1.807) is 4.90 Å². The first-order chi connectivity index (χ1) is 10.2. The van der Waals surface area contributed by atoms with Crippen LogP contribution < -0.4 is 15.5 Å². The van der Waals surface area contributed by atoms with Gasteiger partial charge >= 0.3 is 6.03 Å². The topological polar surface area (TPSA) is 44.4 Å². The Morgan fingerprint density at radius 2 is 2.05 bits per heavy atom. The number of nitrogens with one attached hydrogen (secondary N) is 2. The summed E-state index contributed by atoms with van der Waals surface area (Å²) in [6, 6.07) is 15.8. The van der Waals surface area contributed by atoms with E-state index in [4.69, 9.17) is 0 Å². The third-order valence-corrected chi connectivity index (χ3v) is 3.62. The number of aryl methyl sites for hydroxylation is 1. The second-order valence-corrected chi connectivity index (χ2v) is 5.26. The molecular formula is C17H19N3O. The first kappa shape index (κ1) is 13.6. The lowest BCUT2D eigenvalue weighted by Crippen LogP contribution is -2.38. The van der Waals surface area contributed by atoms with E-state index < -0.39 is 0 Å². The van der Waals surface area contributed by atoms with Crippen LogP contribution in [0.4, 0.5) is 16.2 Å². The molecule has 0 radical (unpaired) electrons. The lowest BCUT2D eigenvalue weighted by atomic mass is 10.1. The number of hydrogen-bond acceptors (Lipinski definition) is 2. The highest BCUT2D eigenvalue weighted by atomic mass is 16.2. The third-order valence-electron chi connectivity index (χ3n) is 3.62. The van der Waals surface area contributed by atoms with Crippen LogP contribution in [0, 0.1) is 6.92 Å². The SMILES string of the molecule is Cc1cccc(NC(=O)N2CCNCc3ccccc32)c1. The van der Waals surface area contributed by atoms with E-state index in [-0.39, 0.29) is 6.03 Å². The molecule has 0 fully saturated rings. The minimum atomic E-state index is -0.0863. The van der Waals surface area contributed by atoms with Crippen LogP contribution in [-0.4, -0.2) is 19.1 Å². The lowest BCUT2D eigenvalue weighted by molar-refractivity contribution is 0.257. The quantitative estimate of drug-likeness (QED) is 0.843. The zero-order valence-electron chi connectivity index (χ0n) is 12.1. The normalized spacial score (nSPS) is 14.2. The lowest BCUT2D eigenvalue weighted by Gasteiger charge is -2.23. The number of amides is 2. The van der Waals surface area contributed by atoms with Crippen molar-refractivity contribution in [3.05, 3.63) is 59.7 Å². The van der Waals surface area contributed by atoms with E-state index in [1.807, 2.05) is 49.4 Å². The number of carbonyl (C=O) groups is 1. The Kier molecular flexibility index (Phi) is 3.88. The summed E-state index contributed by atoms with van der Waals surface area (Å²) in [5, 5.41) is 6.32. The summed E-state index contributed by atoms with van der Waals surface area (Å²) in [5.41, 5.74) is 4.09. The summed E-state index contributed by atoms with van der Waals surface area (Å²) in [6.45, 7) is 4.26. The van der Waals surface area contributed by atoms with Crippen LogP contribution in [0.5, 0.6) is 0 Å². The Balaban J connectivity index is 1.84. The molecule has 0 spiro atoms. The van der Waals surface area contributed by atoms with Gasteiger partial charge in [0.15, 0.2) is 0 Å². The van der Waals surface area contributed by atoms with Crippen LogP contribution in [0.2, 0.25) is 0 Å². The van der Waals surface area contributed by atoms with Gasteiger partial charge in [-0.15, -0.1) is 0 Å². The Morgan fingerprint density at radius 3 is 2.90 bits per heavy atom. The van der Waals surface area contributed by atoms with Gasteiger partial charge in [-0.05, 0) is 36.2 Å². The van der Waals surface area contributed by atoms with E-state index in [9.17, 15) is 4.79 Å². The molecule has 0 bridgehead atoms. The molecule has 4 nitrogen and oxygen atoms in total. The number of nitrogens with zero attached hydrogens (tertiary/aromatic N) is 1. The molecule has 0 saturated heterocycles. The molecule has 0 aliphatic carbocycles. The van der Waals surface area contributed by atoms with Crippen molar-refractivity contribution in [1.82, 2.24) is 5.32 Å². The van der Waals surface area contributed by atoms with Gasteiger partial charge in [-0.1, -0.05) is 30.3 Å². The molecule has 2 N–H and O–H groups in total. The fourth-order valence-electron chi connectivity index (χ4n) is 2.58. The average Bonchev–Trinajstić information content (AvgIpc) is 2.69. The standard InChI is InChI=1S/C17H19N3O/c1-13-5-4-7-15(11-13)19-17(21)20-10-9-18-12-14-6-2-3-8-16(14)20/h2-8,11,18H,9-10,12H2,1H3,(H,19,21). The predicted molar refractivity (Wildman–Crippen MR) is 85.7 cm³/mol. The van der Waals surface area contributed by atoms with Gasteiger partial charge in [0.05, 0.1) is 0 Å². The van der Waals surface area contributed by atoms with Crippen molar-refractivity contribution in [3.8, 4) is 0 Å². The third kappa shape index (κ3) is 3.06. The molecule has 21 heavy (non-hydrogen) atoms. The molecule has 2 amide bonds. The minimum absolute atomic E-state index is 0.0863. The van der Waals surface area contributed by atoms with E-state index >= 15 is 0 Å². The number of hydrogen-bond donors (Lipinski definition) is 2. The van der Waals surface area contributed by atoms with Crippen LogP contribution in [0.1, 0.15) is 11.1 Å². The van der Waals surface area contributed by atoms with Crippen molar-refractivity contribution in [2.75, 3.05) is 23.3 Å². The van der Waals surface area contributed by atoms with Crippen molar-refractivity contribution in [2.45, 2.75) is 13.5 Å². The Labute approximate surface area is 124 Å². The summed E-state index contributed by atoms with van der Waals surface area (Å²) in [6.07, 6.45) is 0. The zero-order chi connectivity index (χ0) is 14.7. The first-order valence-corrected chi connectivity index (χ1v) is 7.18. The summed E-state index contributed by atoms with van der Waals surface area (Å²) >= 11 is 0. The Hall–Kier alpha value is -2.33. The number of benzene rings is 2. The maximum atomic E-state index is 12.6. The smallest absolute Gasteiger partial charge is 0.311 e. The molecule has 0 unspecified atom stereocenters. The molecule has 1 aliphatic rings. The molecular weight excluding hydrogens is 262 g/mol. The van der Waals surface area contributed by atoms with Gasteiger partial charge in [-0.2, -0.15) is 0 Å². The van der Waals surface area contributed by atoms with Crippen molar-refractivity contribution in [2.24, 2.45) is 0 Å². The highest BCUT2D eigenvalue weighted by Crippen LogP contribution is 2.23. The molecule has 0 aromatic heterocycles. The van der Waals surface area contributed by atoms with Crippen LogP contribution in [0.3, 0.4) is 0 Å². The second-order valence-electron chi connectivity index (χ2n) is 5.26. The number of fused-ring (bicyclic) bond motifs is 1. The minimum Gasteiger partial charge on any atom is -0.311 e. The number of urea groups is 1. The predicted octanol–water partition coefficient (Wildman–Crippen LogP) is 3.14. The van der Waals surface area contributed by atoms with Crippen molar-refractivity contribution < 1.29 is 4.79 Å². The van der Waals surface area contributed by atoms with Crippen LogP contribution >= 0.6 is 0 Å². The van der Waals surface area contributed by atoms with Crippen molar-refractivity contribution >= 4 is 17.4 Å². The van der Waals surface area contributed by atoms with Crippen molar-refractivity contribution in [3.63, 3.8) is 0 Å². The number of rotatable bonds is 1. The van der Waals surface area contributed by atoms with E-state index in [1.165, 1.54) is 0 Å². The van der Waals surface area contributed by atoms with Crippen LogP contribution in [-0.2, 0) is 6.54 Å². The van der Waals surface area contributed by atoms with Gasteiger partial charge in [0.2, 0.25) is 0 Å². The molecule has 0 saturated carbocycles. The fraction of sp³-hybridized carbons (Fsp3) is 0.235. The maximum Gasteiger partial charge on any atom is 0.326 e. The summed E-state index contributed by atoms with van der Waals surface area (Å²) in [4.78, 5) is 14.4. The molecule has 2 aromatic carbocycles. The van der Waals surface area contributed by atoms with Crippen LogP contribution in [0.25, 0.3) is 0 Å².